The minimum atomic E-state index is -0.391. The fourth-order valence-electron chi connectivity index (χ4n) is 2.59. The normalized spacial score (nSPS) is 12.2. The molecule has 0 aliphatic rings. The Morgan fingerprint density at radius 2 is 1.86 bits per heavy atom. The maximum absolute atomic E-state index is 12.6. The summed E-state index contributed by atoms with van der Waals surface area (Å²) >= 11 is 7.33. The van der Waals surface area contributed by atoms with E-state index in [2.05, 4.69) is 46.8 Å². The van der Waals surface area contributed by atoms with E-state index in [0.29, 0.717) is 21.8 Å². The van der Waals surface area contributed by atoms with Crippen molar-refractivity contribution in [3.8, 4) is 5.69 Å². The lowest BCUT2D eigenvalue weighted by atomic mass is 10.0. The Morgan fingerprint density at radius 3 is 2.54 bits per heavy atom. The topological polar surface area (TPSA) is 72.7 Å². The first kappa shape index (κ1) is 20.4. The molecule has 0 spiro atoms. The average molecular weight is 416 g/mol. The third-order valence-electron chi connectivity index (χ3n) is 4.35. The van der Waals surface area contributed by atoms with Crippen molar-refractivity contribution in [2.75, 3.05) is 5.32 Å². The van der Waals surface area contributed by atoms with Gasteiger partial charge in [0.15, 0.2) is 0 Å². The zero-order valence-electron chi connectivity index (χ0n) is 16.2. The van der Waals surface area contributed by atoms with Crippen LogP contribution in [0.5, 0.6) is 0 Å². The lowest BCUT2D eigenvalue weighted by Gasteiger charge is -2.13. The number of aromatic nitrogens is 4. The van der Waals surface area contributed by atoms with Crippen LogP contribution in [0.3, 0.4) is 0 Å². The highest BCUT2D eigenvalue weighted by Gasteiger charge is 2.20. The Hall–Kier alpha value is -2.38. The number of nitrogens with one attached hydrogen (secondary N) is 1. The first-order valence-corrected chi connectivity index (χ1v) is 10.2. The van der Waals surface area contributed by atoms with Gasteiger partial charge in [-0.15, -0.1) is 5.10 Å². The summed E-state index contributed by atoms with van der Waals surface area (Å²) < 4.78 is 1.64. The number of thioether (sulfide) groups is 1. The molecule has 0 saturated heterocycles. The Bertz CT molecular complexity index is 971. The number of nitrogens with zero attached hydrogens (tertiary/aromatic N) is 4. The van der Waals surface area contributed by atoms with Crippen molar-refractivity contribution in [1.82, 2.24) is 20.2 Å². The van der Waals surface area contributed by atoms with Gasteiger partial charge < -0.3 is 5.32 Å². The van der Waals surface area contributed by atoms with Crippen LogP contribution in [0.25, 0.3) is 5.69 Å². The first-order valence-electron chi connectivity index (χ1n) is 8.97. The molecule has 1 heterocycles. The minimum absolute atomic E-state index is 0.139. The van der Waals surface area contributed by atoms with Crippen molar-refractivity contribution < 1.29 is 4.79 Å². The van der Waals surface area contributed by atoms with Crippen LogP contribution in [-0.2, 0) is 4.79 Å². The SMILES string of the molecule is Cc1ccc(Cl)cc1NC(=O)[C@H](C)Sc1nnnn1-c1ccc(C(C)C)cc1. The summed E-state index contributed by atoms with van der Waals surface area (Å²) in [4.78, 5) is 12.6. The highest BCUT2D eigenvalue weighted by Crippen LogP contribution is 2.26. The fourth-order valence-corrected chi connectivity index (χ4v) is 3.57. The Kier molecular flexibility index (Phi) is 6.36. The molecule has 0 unspecified atom stereocenters. The standard InChI is InChI=1S/C20H22ClN5OS/c1-12(2)15-6-9-17(10-7-15)26-20(23-24-25-26)28-14(4)19(27)22-18-11-16(21)8-5-13(18)3/h5-12,14H,1-4H3,(H,22,27)/t14-/m0/s1. The number of hydrogen-bond acceptors (Lipinski definition) is 5. The number of tetrazole rings is 1. The number of aryl methyl sites for hydroxylation is 1. The minimum Gasteiger partial charge on any atom is -0.325 e. The lowest BCUT2D eigenvalue weighted by molar-refractivity contribution is -0.115. The van der Waals surface area contributed by atoms with Gasteiger partial charge in [-0.2, -0.15) is 4.68 Å². The van der Waals surface area contributed by atoms with Crippen LogP contribution in [0.4, 0.5) is 5.69 Å². The van der Waals surface area contributed by atoms with Gasteiger partial charge in [-0.05, 0) is 65.6 Å². The molecular formula is C20H22ClN5OS. The van der Waals surface area contributed by atoms with Gasteiger partial charge in [0, 0.05) is 10.7 Å². The molecule has 1 N–H and O–H groups in total. The van der Waals surface area contributed by atoms with Crippen molar-refractivity contribution in [3.05, 3.63) is 58.6 Å². The van der Waals surface area contributed by atoms with Crippen molar-refractivity contribution in [3.63, 3.8) is 0 Å². The predicted octanol–water partition coefficient (Wildman–Crippen LogP) is 4.87. The van der Waals surface area contributed by atoms with E-state index in [-0.39, 0.29) is 5.91 Å². The summed E-state index contributed by atoms with van der Waals surface area (Å²) in [5, 5.41) is 15.6. The number of amides is 1. The summed E-state index contributed by atoms with van der Waals surface area (Å²) in [6.07, 6.45) is 0. The second-order valence-corrected chi connectivity index (χ2v) is 8.57. The second-order valence-electron chi connectivity index (χ2n) is 6.83. The van der Waals surface area contributed by atoms with E-state index in [4.69, 9.17) is 11.6 Å². The van der Waals surface area contributed by atoms with Gasteiger partial charge in [0.25, 0.3) is 0 Å². The zero-order valence-corrected chi connectivity index (χ0v) is 17.8. The molecule has 3 rings (SSSR count). The molecule has 28 heavy (non-hydrogen) atoms. The Balaban J connectivity index is 1.72. The molecule has 1 amide bonds. The average Bonchev–Trinajstić information content (AvgIpc) is 3.12. The predicted molar refractivity (Wildman–Crippen MR) is 113 cm³/mol. The van der Waals surface area contributed by atoms with Crippen LogP contribution in [0.15, 0.2) is 47.6 Å². The molecule has 6 nitrogen and oxygen atoms in total. The summed E-state index contributed by atoms with van der Waals surface area (Å²) in [7, 11) is 0. The number of hydrogen-bond donors (Lipinski definition) is 1. The molecular weight excluding hydrogens is 394 g/mol. The van der Waals surface area contributed by atoms with Crippen molar-refractivity contribution in [2.45, 2.75) is 44.0 Å². The Labute approximate surface area is 173 Å². The number of carbonyl (C=O) groups is 1. The van der Waals surface area contributed by atoms with Crippen LogP contribution in [-0.4, -0.2) is 31.4 Å². The van der Waals surface area contributed by atoms with Crippen LogP contribution in [0, 0.1) is 6.92 Å². The zero-order chi connectivity index (χ0) is 20.3. The van der Waals surface area contributed by atoms with E-state index in [1.807, 2.05) is 32.0 Å². The van der Waals surface area contributed by atoms with E-state index in [1.54, 1.807) is 16.8 Å². The summed E-state index contributed by atoms with van der Waals surface area (Å²) in [5.74, 6) is 0.315. The van der Waals surface area contributed by atoms with Crippen molar-refractivity contribution in [2.24, 2.45) is 0 Å². The first-order chi connectivity index (χ1) is 13.3. The van der Waals surface area contributed by atoms with Crippen molar-refractivity contribution in [1.29, 1.82) is 0 Å². The molecule has 0 bridgehead atoms. The lowest BCUT2D eigenvalue weighted by Crippen LogP contribution is -2.23. The van der Waals surface area contributed by atoms with E-state index >= 15 is 0 Å². The molecule has 1 aromatic heterocycles. The second kappa shape index (κ2) is 8.75. The fraction of sp³-hybridized carbons (Fsp3) is 0.300. The summed E-state index contributed by atoms with van der Waals surface area (Å²) in [6, 6.07) is 13.5. The molecule has 8 heteroatoms. The molecule has 0 aliphatic heterocycles. The Morgan fingerprint density at radius 1 is 1.14 bits per heavy atom. The van der Waals surface area contributed by atoms with Gasteiger partial charge in [-0.25, -0.2) is 0 Å². The third-order valence-corrected chi connectivity index (χ3v) is 5.62. The van der Waals surface area contributed by atoms with Gasteiger partial charge >= 0.3 is 0 Å². The van der Waals surface area contributed by atoms with E-state index < -0.39 is 5.25 Å². The molecule has 0 fully saturated rings. The van der Waals surface area contributed by atoms with Crippen LogP contribution >= 0.6 is 23.4 Å². The molecule has 0 aliphatic carbocycles. The summed E-state index contributed by atoms with van der Waals surface area (Å²) in [6.45, 7) is 8.04. The number of carbonyl (C=O) groups excluding carboxylic acids is 1. The molecule has 0 saturated carbocycles. The van der Waals surface area contributed by atoms with Gasteiger partial charge in [0.2, 0.25) is 11.1 Å². The summed E-state index contributed by atoms with van der Waals surface area (Å²) in [5.41, 5.74) is 3.75. The van der Waals surface area contributed by atoms with Gasteiger partial charge in [-0.1, -0.05) is 55.4 Å². The molecule has 146 valence electrons. The van der Waals surface area contributed by atoms with E-state index in [0.717, 1.165) is 11.3 Å². The highest BCUT2D eigenvalue weighted by molar-refractivity contribution is 8.00. The number of halogens is 1. The van der Waals surface area contributed by atoms with Crippen LogP contribution in [0.2, 0.25) is 5.02 Å². The number of benzene rings is 2. The maximum Gasteiger partial charge on any atom is 0.237 e. The molecule has 1 atom stereocenters. The molecule has 2 aromatic carbocycles. The molecule has 0 radical (unpaired) electrons. The monoisotopic (exact) mass is 415 g/mol. The third kappa shape index (κ3) is 4.72. The number of rotatable bonds is 6. The smallest absolute Gasteiger partial charge is 0.237 e. The maximum atomic E-state index is 12.6. The highest BCUT2D eigenvalue weighted by atomic mass is 35.5. The van der Waals surface area contributed by atoms with Crippen molar-refractivity contribution >= 4 is 35.0 Å². The number of anilines is 1. The van der Waals surface area contributed by atoms with Gasteiger partial charge in [-0.3, -0.25) is 4.79 Å². The van der Waals surface area contributed by atoms with E-state index in [1.165, 1.54) is 17.3 Å². The molecule has 3 aromatic rings. The quantitative estimate of drug-likeness (QED) is 0.581. The largest absolute Gasteiger partial charge is 0.325 e. The van der Waals surface area contributed by atoms with Crippen LogP contribution in [0.1, 0.15) is 37.8 Å². The van der Waals surface area contributed by atoms with Gasteiger partial charge in [0.05, 0.1) is 10.9 Å². The van der Waals surface area contributed by atoms with Gasteiger partial charge in [0.1, 0.15) is 0 Å². The van der Waals surface area contributed by atoms with Crippen LogP contribution < -0.4 is 5.32 Å². The van der Waals surface area contributed by atoms with E-state index in [9.17, 15) is 4.79 Å².